The summed E-state index contributed by atoms with van der Waals surface area (Å²) >= 11 is 1.67. The van der Waals surface area contributed by atoms with Crippen molar-refractivity contribution >= 4 is 11.8 Å². The van der Waals surface area contributed by atoms with Crippen LogP contribution in [0.15, 0.2) is 11.5 Å². The van der Waals surface area contributed by atoms with Crippen molar-refractivity contribution in [3.8, 4) is 0 Å². The molecule has 5 nitrogen and oxygen atoms in total. The fraction of sp³-hybridized carbons (Fsp3) is 0.833. The van der Waals surface area contributed by atoms with Gasteiger partial charge in [0, 0.05) is 12.8 Å². The van der Waals surface area contributed by atoms with Crippen LogP contribution >= 0.6 is 11.8 Å². The van der Waals surface area contributed by atoms with Gasteiger partial charge in [0.25, 0.3) is 0 Å². The van der Waals surface area contributed by atoms with Crippen molar-refractivity contribution in [1.29, 1.82) is 0 Å². The number of rotatable bonds is 8. The van der Waals surface area contributed by atoms with E-state index in [4.69, 9.17) is 0 Å². The molecular weight excluding hydrogens is 248 g/mol. The van der Waals surface area contributed by atoms with Gasteiger partial charge in [-0.15, -0.1) is 0 Å². The third-order valence-electron chi connectivity index (χ3n) is 3.50. The quantitative estimate of drug-likeness (QED) is 0.691. The second-order valence-electron chi connectivity index (χ2n) is 4.97. The van der Waals surface area contributed by atoms with Gasteiger partial charge >= 0.3 is 0 Å². The molecule has 0 aliphatic heterocycles. The van der Waals surface area contributed by atoms with E-state index in [2.05, 4.69) is 22.3 Å². The Morgan fingerprint density at radius 1 is 1.61 bits per heavy atom. The summed E-state index contributed by atoms with van der Waals surface area (Å²) < 4.78 is 1.78. The van der Waals surface area contributed by atoms with Gasteiger partial charge < -0.3 is 10.4 Å². The number of thioether (sulfide) groups is 1. The van der Waals surface area contributed by atoms with Crippen molar-refractivity contribution in [2.45, 2.75) is 36.9 Å². The molecule has 1 fully saturated rings. The van der Waals surface area contributed by atoms with Crippen molar-refractivity contribution in [3.05, 3.63) is 6.33 Å². The normalized spacial score (nSPS) is 18.8. The number of nitrogens with one attached hydrogen (secondary N) is 1. The molecule has 1 aliphatic rings. The van der Waals surface area contributed by atoms with Crippen LogP contribution in [0.5, 0.6) is 0 Å². The van der Waals surface area contributed by atoms with Gasteiger partial charge in [0.05, 0.1) is 12.1 Å². The summed E-state index contributed by atoms with van der Waals surface area (Å²) in [7, 11) is 1.90. The van der Waals surface area contributed by atoms with Crippen LogP contribution in [0.25, 0.3) is 0 Å². The van der Waals surface area contributed by atoms with E-state index >= 15 is 0 Å². The van der Waals surface area contributed by atoms with Crippen molar-refractivity contribution in [2.24, 2.45) is 13.0 Å². The molecule has 0 amide bonds. The molecule has 1 unspecified atom stereocenters. The number of hydrogen-bond acceptors (Lipinski definition) is 5. The van der Waals surface area contributed by atoms with E-state index < -0.39 is 0 Å². The molecule has 2 N–H and O–H groups in total. The molecule has 102 valence electrons. The standard InChI is InChI=1S/C12H22N4OS/c1-3-6-14-12(7-17,10-4-5-10)8-18-11-13-9-15-16(11)2/h9-10,14,17H,3-8H2,1-2H3. The second-order valence-corrected chi connectivity index (χ2v) is 5.91. The van der Waals surface area contributed by atoms with Crippen molar-refractivity contribution in [1.82, 2.24) is 20.1 Å². The van der Waals surface area contributed by atoms with Gasteiger partial charge in [0.15, 0.2) is 5.16 Å². The number of aliphatic hydroxyl groups excluding tert-OH is 1. The first-order chi connectivity index (χ1) is 8.72. The summed E-state index contributed by atoms with van der Waals surface area (Å²) in [4.78, 5) is 4.22. The number of aromatic nitrogens is 3. The van der Waals surface area contributed by atoms with E-state index in [-0.39, 0.29) is 12.1 Å². The van der Waals surface area contributed by atoms with E-state index in [0.29, 0.717) is 5.92 Å². The Morgan fingerprint density at radius 3 is 2.89 bits per heavy atom. The predicted octanol–water partition coefficient (Wildman–Crippen LogP) is 1.05. The summed E-state index contributed by atoms with van der Waals surface area (Å²) in [6.07, 6.45) is 5.09. The van der Waals surface area contributed by atoms with Crippen LogP contribution in [-0.2, 0) is 7.05 Å². The van der Waals surface area contributed by atoms with E-state index in [9.17, 15) is 5.11 Å². The predicted molar refractivity (Wildman–Crippen MR) is 72.6 cm³/mol. The lowest BCUT2D eigenvalue weighted by molar-refractivity contribution is 0.159. The van der Waals surface area contributed by atoms with Crippen LogP contribution in [0.2, 0.25) is 0 Å². The monoisotopic (exact) mass is 270 g/mol. The Bertz CT molecular complexity index is 380. The van der Waals surface area contributed by atoms with E-state index in [1.54, 1.807) is 22.8 Å². The molecule has 18 heavy (non-hydrogen) atoms. The molecule has 1 saturated carbocycles. The number of aryl methyl sites for hydroxylation is 1. The van der Waals surface area contributed by atoms with Crippen LogP contribution < -0.4 is 5.32 Å². The number of aliphatic hydroxyl groups is 1. The molecule has 1 aromatic heterocycles. The minimum atomic E-state index is -0.146. The molecule has 0 spiro atoms. The molecule has 0 bridgehead atoms. The molecule has 6 heteroatoms. The topological polar surface area (TPSA) is 63.0 Å². The van der Waals surface area contributed by atoms with Crippen molar-refractivity contribution in [3.63, 3.8) is 0 Å². The lowest BCUT2D eigenvalue weighted by Crippen LogP contribution is -2.53. The Labute approximate surface area is 112 Å². The van der Waals surface area contributed by atoms with Crippen LogP contribution in [0.1, 0.15) is 26.2 Å². The zero-order valence-corrected chi connectivity index (χ0v) is 11.9. The highest BCUT2D eigenvalue weighted by molar-refractivity contribution is 7.99. The Hall–Kier alpha value is -0.590. The van der Waals surface area contributed by atoms with Gasteiger partial charge in [-0.1, -0.05) is 18.7 Å². The second kappa shape index (κ2) is 6.04. The fourth-order valence-electron chi connectivity index (χ4n) is 2.16. The number of hydrogen-bond donors (Lipinski definition) is 2. The average Bonchev–Trinajstić information content (AvgIpc) is 3.15. The van der Waals surface area contributed by atoms with Crippen LogP contribution in [0.4, 0.5) is 0 Å². The Morgan fingerprint density at radius 2 is 2.39 bits per heavy atom. The van der Waals surface area contributed by atoms with E-state index in [1.807, 2.05) is 7.05 Å². The molecular formula is C12H22N4OS. The first-order valence-corrected chi connectivity index (χ1v) is 7.53. The average molecular weight is 270 g/mol. The minimum Gasteiger partial charge on any atom is -0.394 e. The summed E-state index contributed by atoms with van der Waals surface area (Å²) in [5.41, 5.74) is -0.146. The number of nitrogens with zero attached hydrogens (tertiary/aromatic N) is 3. The highest BCUT2D eigenvalue weighted by atomic mass is 32.2. The zero-order chi connectivity index (χ0) is 13.0. The molecule has 1 atom stereocenters. The minimum absolute atomic E-state index is 0.146. The molecule has 1 aliphatic carbocycles. The summed E-state index contributed by atoms with van der Waals surface area (Å²) in [6.45, 7) is 3.30. The smallest absolute Gasteiger partial charge is 0.185 e. The fourth-order valence-corrected chi connectivity index (χ4v) is 3.33. The first kappa shape index (κ1) is 13.8. The first-order valence-electron chi connectivity index (χ1n) is 6.54. The third-order valence-corrected chi connectivity index (χ3v) is 4.78. The van der Waals surface area contributed by atoms with Gasteiger partial charge in [-0.05, 0) is 31.7 Å². The van der Waals surface area contributed by atoms with Gasteiger partial charge in [0.2, 0.25) is 0 Å². The zero-order valence-electron chi connectivity index (χ0n) is 11.1. The van der Waals surface area contributed by atoms with Gasteiger partial charge in [0.1, 0.15) is 6.33 Å². The van der Waals surface area contributed by atoms with Gasteiger partial charge in [-0.25, -0.2) is 9.67 Å². The maximum atomic E-state index is 9.79. The largest absolute Gasteiger partial charge is 0.394 e. The molecule has 0 radical (unpaired) electrons. The van der Waals surface area contributed by atoms with Crippen molar-refractivity contribution < 1.29 is 5.11 Å². The Balaban J connectivity index is 1.98. The van der Waals surface area contributed by atoms with E-state index in [0.717, 1.165) is 23.9 Å². The summed E-state index contributed by atoms with van der Waals surface area (Å²) in [5, 5.41) is 18.3. The molecule has 0 saturated heterocycles. The summed E-state index contributed by atoms with van der Waals surface area (Å²) in [6, 6.07) is 0. The maximum Gasteiger partial charge on any atom is 0.185 e. The highest BCUT2D eigenvalue weighted by Gasteiger charge is 2.44. The van der Waals surface area contributed by atoms with Gasteiger partial charge in [-0.2, -0.15) is 5.10 Å². The van der Waals surface area contributed by atoms with E-state index in [1.165, 1.54) is 12.8 Å². The van der Waals surface area contributed by atoms with Crippen LogP contribution in [0.3, 0.4) is 0 Å². The van der Waals surface area contributed by atoms with Crippen LogP contribution in [-0.4, -0.2) is 44.3 Å². The highest BCUT2D eigenvalue weighted by Crippen LogP contribution is 2.42. The molecule has 2 rings (SSSR count). The van der Waals surface area contributed by atoms with Gasteiger partial charge in [-0.3, -0.25) is 0 Å². The van der Waals surface area contributed by atoms with Crippen molar-refractivity contribution in [2.75, 3.05) is 18.9 Å². The Kier molecular flexibility index (Phi) is 4.64. The lowest BCUT2D eigenvalue weighted by atomic mass is 9.96. The lowest BCUT2D eigenvalue weighted by Gasteiger charge is -2.33. The maximum absolute atomic E-state index is 9.79. The molecule has 0 aromatic carbocycles. The van der Waals surface area contributed by atoms with Crippen LogP contribution in [0, 0.1) is 5.92 Å². The summed E-state index contributed by atoms with van der Waals surface area (Å²) in [5.74, 6) is 1.45. The SMILES string of the molecule is CCCNC(CO)(CSc1ncnn1C)C1CC1. The molecule has 1 aromatic rings. The molecule has 1 heterocycles. The third kappa shape index (κ3) is 3.05.